The van der Waals surface area contributed by atoms with E-state index < -0.39 is 17.4 Å². The summed E-state index contributed by atoms with van der Waals surface area (Å²) in [6.07, 6.45) is 2.52. The van der Waals surface area contributed by atoms with Crippen LogP contribution in [-0.4, -0.2) is 56.1 Å². The van der Waals surface area contributed by atoms with Gasteiger partial charge in [-0.2, -0.15) is 0 Å². The van der Waals surface area contributed by atoms with Crippen LogP contribution in [0.5, 0.6) is 0 Å². The maximum absolute atomic E-state index is 10.0. The number of aliphatic hydroxyl groups is 3. The molecule has 116 valence electrons. The van der Waals surface area contributed by atoms with E-state index in [1.54, 1.807) is 13.8 Å². The summed E-state index contributed by atoms with van der Waals surface area (Å²) in [5.41, 5.74) is 1.03. The fourth-order valence-corrected chi connectivity index (χ4v) is 2.78. The van der Waals surface area contributed by atoms with Crippen LogP contribution >= 0.6 is 0 Å². The van der Waals surface area contributed by atoms with Crippen molar-refractivity contribution in [1.82, 2.24) is 0 Å². The number of nitrogens with zero attached hydrogens (tertiary/aromatic N) is 2. The first-order chi connectivity index (χ1) is 9.63. The highest BCUT2D eigenvalue weighted by Crippen LogP contribution is 2.29. The van der Waals surface area contributed by atoms with Crippen LogP contribution in [0.1, 0.15) is 46.5 Å². The van der Waals surface area contributed by atoms with Gasteiger partial charge in [0.05, 0.1) is 28.6 Å². The fraction of sp³-hybridized carbons (Fsp3) is 0.733. The summed E-state index contributed by atoms with van der Waals surface area (Å²) in [5, 5.41) is 36.7. The van der Waals surface area contributed by atoms with E-state index in [-0.39, 0.29) is 6.04 Å². The van der Waals surface area contributed by atoms with E-state index in [0.29, 0.717) is 30.5 Å². The van der Waals surface area contributed by atoms with Crippen molar-refractivity contribution in [2.45, 2.75) is 69.9 Å². The summed E-state index contributed by atoms with van der Waals surface area (Å²) in [6, 6.07) is -0.766. The molecule has 0 aromatic heterocycles. The Morgan fingerprint density at radius 2 is 1.52 bits per heavy atom. The van der Waals surface area contributed by atoms with Gasteiger partial charge in [-0.25, -0.2) is 0 Å². The van der Waals surface area contributed by atoms with Crippen molar-refractivity contribution < 1.29 is 15.3 Å². The Morgan fingerprint density at radius 1 is 1.05 bits per heavy atom. The van der Waals surface area contributed by atoms with E-state index in [1.165, 1.54) is 6.92 Å². The normalized spacial score (nSPS) is 26.4. The Morgan fingerprint density at radius 3 is 1.86 bits per heavy atom. The number of aliphatic imine (C=N–C) groups is 2. The van der Waals surface area contributed by atoms with Gasteiger partial charge in [0.25, 0.3) is 0 Å². The molecule has 2 rings (SSSR count). The predicted octanol–water partition coefficient (Wildman–Crippen LogP) is 0.840. The lowest BCUT2D eigenvalue weighted by Gasteiger charge is -2.22. The van der Waals surface area contributed by atoms with Crippen molar-refractivity contribution in [1.29, 1.82) is 5.41 Å². The maximum atomic E-state index is 10.0. The highest BCUT2D eigenvalue weighted by molar-refractivity contribution is 6.30. The van der Waals surface area contributed by atoms with Gasteiger partial charge in [0.2, 0.25) is 0 Å². The molecule has 0 bridgehead atoms. The Kier molecular flexibility index (Phi) is 4.17. The van der Waals surface area contributed by atoms with Crippen molar-refractivity contribution in [2.24, 2.45) is 9.98 Å². The molecule has 2 atom stereocenters. The van der Waals surface area contributed by atoms with Crippen LogP contribution in [0.3, 0.4) is 0 Å². The van der Waals surface area contributed by atoms with Crippen LogP contribution in [0.15, 0.2) is 15.6 Å². The molecule has 0 saturated heterocycles. The van der Waals surface area contributed by atoms with Crippen molar-refractivity contribution >= 4 is 17.3 Å². The maximum Gasteiger partial charge on any atom is 0.182 e. The molecule has 6 heteroatoms. The van der Waals surface area contributed by atoms with Crippen molar-refractivity contribution in [3.8, 4) is 0 Å². The molecule has 6 nitrogen and oxygen atoms in total. The molecule has 0 amide bonds. The summed E-state index contributed by atoms with van der Waals surface area (Å²) in [5.74, 6) is 0.545. The largest absolute Gasteiger partial charge is 0.388 e. The Hall–Kier alpha value is -1.33. The minimum Gasteiger partial charge on any atom is -0.388 e. The fourth-order valence-electron chi connectivity index (χ4n) is 2.78. The Bertz CT molecular complexity index is 489. The van der Waals surface area contributed by atoms with Crippen LogP contribution < -0.4 is 0 Å². The topological polar surface area (TPSA) is 109 Å². The zero-order valence-corrected chi connectivity index (χ0v) is 12.7. The van der Waals surface area contributed by atoms with Crippen molar-refractivity contribution in [3.05, 3.63) is 5.57 Å². The average Bonchev–Trinajstić information content (AvgIpc) is 2.96. The van der Waals surface area contributed by atoms with Gasteiger partial charge < -0.3 is 15.3 Å². The van der Waals surface area contributed by atoms with Gasteiger partial charge in [-0.15, -0.1) is 0 Å². The number of nitrogens with one attached hydrogen (secondary N) is 1. The van der Waals surface area contributed by atoms with E-state index in [4.69, 9.17) is 5.41 Å². The van der Waals surface area contributed by atoms with Crippen molar-refractivity contribution in [2.75, 3.05) is 0 Å². The second-order valence-corrected chi connectivity index (χ2v) is 6.51. The molecule has 0 aliphatic carbocycles. The number of hydrogen-bond acceptors (Lipinski definition) is 6. The third kappa shape index (κ3) is 3.47. The van der Waals surface area contributed by atoms with Gasteiger partial charge >= 0.3 is 0 Å². The lowest BCUT2D eigenvalue weighted by molar-refractivity contribution is -0.159. The lowest BCUT2D eigenvalue weighted by Crippen LogP contribution is -2.36. The van der Waals surface area contributed by atoms with Gasteiger partial charge in [-0.05, 0) is 52.3 Å². The summed E-state index contributed by atoms with van der Waals surface area (Å²) >= 11 is 0. The molecule has 0 spiro atoms. The SMILES string of the molecule is CC(C)(O)[C@@H]1CCC(C(=C=N)C2=N[C@H](C(C)(O)O)CC2)=N1. The zero-order chi connectivity index (χ0) is 15.8. The zero-order valence-electron chi connectivity index (χ0n) is 12.7. The summed E-state index contributed by atoms with van der Waals surface area (Å²) in [6.45, 7) is 4.77. The quantitative estimate of drug-likeness (QED) is 0.455. The third-order valence-electron chi connectivity index (χ3n) is 4.08. The predicted molar refractivity (Wildman–Crippen MR) is 81.3 cm³/mol. The number of hydrogen-bond donors (Lipinski definition) is 4. The van der Waals surface area contributed by atoms with Crippen LogP contribution in [0, 0.1) is 5.41 Å². The van der Waals surface area contributed by atoms with Crippen LogP contribution in [0.25, 0.3) is 0 Å². The molecule has 0 unspecified atom stereocenters. The van der Waals surface area contributed by atoms with Gasteiger partial charge in [-0.3, -0.25) is 15.4 Å². The van der Waals surface area contributed by atoms with Gasteiger partial charge in [0.15, 0.2) is 5.79 Å². The lowest BCUT2D eigenvalue weighted by atomic mass is 9.96. The van der Waals surface area contributed by atoms with Gasteiger partial charge in [0.1, 0.15) is 6.04 Å². The molecule has 2 heterocycles. The van der Waals surface area contributed by atoms with E-state index in [2.05, 4.69) is 15.9 Å². The summed E-state index contributed by atoms with van der Waals surface area (Å²) < 4.78 is 0. The number of allylic oxidation sites excluding steroid dienone is 1. The molecular weight excluding hydrogens is 270 g/mol. The van der Waals surface area contributed by atoms with Crippen LogP contribution in [0.2, 0.25) is 0 Å². The first-order valence-electron chi connectivity index (χ1n) is 7.24. The third-order valence-corrected chi connectivity index (χ3v) is 4.08. The molecule has 21 heavy (non-hydrogen) atoms. The van der Waals surface area contributed by atoms with Crippen LogP contribution in [0.4, 0.5) is 0 Å². The highest BCUT2D eigenvalue weighted by atomic mass is 16.5. The smallest absolute Gasteiger partial charge is 0.182 e. The van der Waals surface area contributed by atoms with E-state index in [1.807, 2.05) is 0 Å². The molecule has 4 N–H and O–H groups in total. The summed E-state index contributed by atoms with van der Waals surface area (Å²) in [4.78, 5) is 8.82. The van der Waals surface area contributed by atoms with Gasteiger partial charge in [0, 0.05) is 0 Å². The standard InChI is InChI=1S/C15H23N3O3/c1-14(2,19)12-6-4-10(17-12)9(8-16)11-5-7-13(18-11)15(3,20)21/h12-13,16,19-21H,4-7H2,1-3H3/t12-,13-/m0/s1. The monoisotopic (exact) mass is 293 g/mol. The molecule has 0 radical (unpaired) electrons. The highest BCUT2D eigenvalue weighted by Gasteiger charge is 2.36. The molecule has 0 aromatic rings. The first kappa shape index (κ1) is 16.0. The molecular formula is C15H23N3O3. The van der Waals surface area contributed by atoms with Crippen LogP contribution in [-0.2, 0) is 0 Å². The molecule has 2 aliphatic heterocycles. The summed E-state index contributed by atoms with van der Waals surface area (Å²) in [7, 11) is 0. The average molecular weight is 293 g/mol. The molecule has 0 saturated carbocycles. The molecule has 0 fully saturated rings. The number of rotatable bonds is 4. The van der Waals surface area contributed by atoms with Gasteiger partial charge in [-0.1, -0.05) is 0 Å². The first-order valence-corrected chi connectivity index (χ1v) is 7.24. The van der Waals surface area contributed by atoms with E-state index in [9.17, 15) is 15.3 Å². The van der Waals surface area contributed by atoms with Crippen molar-refractivity contribution in [3.63, 3.8) is 0 Å². The minimum atomic E-state index is -1.85. The minimum absolute atomic E-state index is 0.186. The van der Waals surface area contributed by atoms with E-state index >= 15 is 0 Å². The molecule has 2 aliphatic rings. The Balaban J connectivity index is 2.22. The Labute approximate surface area is 124 Å². The second-order valence-electron chi connectivity index (χ2n) is 6.51. The molecule has 0 aromatic carbocycles. The second kappa shape index (κ2) is 5.46. The van der Waals surface area contributed by atoms with E-state index in [0.717, 1.165) is 12.1 Å².